The zero-order chi connectivity index (χ0) is 19.6. The highest BCUT2D eigenvalue weighted by Crippen LogP contribution is 2.29. The van der Waals surface area contributed by atoms with E-state index in [1.54, 1.807) is 35.7 Å². The van der Waals surface area contributed by atoms with Crippen molar-refractivity contribution in [3.8, 4) is 5.75 Å². The third-order valence-electron chi connectivity index (χ3n) is 4.04. The maximum absolute atomic E-state index is 13.0. The van der Waals surface area contributed by atoms with Crippen LogP contribution in [0.3, 0.4) is 0 Å². The summed E-state index contributed by atoms with van der Waals surface area (Å²) < 4.78 is 11.7. The Morgan fingerprint density at radius 2 is 1.96 bits per heavy atom. The van der Waals surface area contributed by atoms with Gasteiger partial charge in [-0.2, -0.15) is 0 Å². The Bertz CT molecular complexity index is 1050. The van der Waals surface area contributed by atoms with E-state index in [-0.39, 0.29) is 34.9 Å². The predicted molar refractivity (Wildman–Crippen MR) is 96.4 cm³/mol. The average molecular weight is 368 g/mol. The highest BCUT2D eigenvalue weighted by atomic mass is 16.6. The van der Waals surface area contributed by atoms with Crippen molar-refractivity contribution in [3.05, 3.63) is 75.6 Å². The number of nitro benzene ring substituents is 1. The molecule has 0 radical (unpaired) electrons. The molecule has 0 saturated carbocycles. The van der Waals surface area contributed by atoms with Gasteiger partial charge < -0.3 is 13.9 Å². The number of pyridine rings is 1. The number of methoxy groups -OCH3 is 1. The maximum atomic E-state index is 13.0. The molecule has 0 unspecified atom stereocenters. The SMILES string of the molecule is CCOC(=O)c1cc(C(=O)c2ccc([N+](=O)[O-])c(OC)c2)n2ccccc12. The maximum Gasteiger partial charge on any atom is 0.340 e. The number of esters is 1. The first-order chi connectivity index (χ1) is 13.0. The fourth-order valence-corrected chi connectivity index (χ4v) is 2.82. The number of ether oxygens (including phenoxy) is 2. The van der Waals surface area contributed by atoms with Gasteiger partial charge in [0.15, 0.2) is 5.75 Å². The van der Waals surface area contributed by atoms with E-state index in [0.717, 1.165) is 0 Å². The summed E-state index contributed by atoms with van der Waals surface area (Å²) in [5, 5.41) is 11.0. The van der Waals surface area contributed by atoms with Gasteiger partial charge in [-0.3, -0.25) is 14.9 Å². The van der Waals surface area contributed by atoms with Crippen LogP contribution in [0.1, 0.15) is 33.3 Å². The largest absolute Gasteiger partial charge is 0.490 e. The summed E-state index contributed by atoms with van der Waals surface area (Å²) in [5.41, 5.74) is 1.02. The molecule has 2 heterocycles. The van der Waals surface area contributed by atoms with Crippen molar-refractivity contribution in [1.29, 1.82) is 0 Å². The van der Waals surface area contributed by atoms with Crippen LogP contribution in [0.2, 0.25) is 0 Å². The summed E-state index contributed by atoms with van der Waals surface area (Å²) in [6.45, 7) is 1.91. The molecule has 0 bridgehead atoms. The molecule has 2 aromatic heterocycles. The topological polar surface area (TPSA) is 100 Å². The van der Waals surface area contributed by atoms with Gasteiger partial charge in [0.25, 0.3) is 0 Å². The lowest BCUT2D eigenvalue weighted by atomic mass is 10.1. The molecular formula is C19H16N2O6. The van der Waals surface area contributed by atoms with E-state index in [1.165, 1.54) is 31.4 Å². The molecule has 0 N–H and O–H groups in total. The summed E-state index contributed by atoms with van der Waals surface area (Å²) >= 11 is 0. The summed E-state index contributed by atoms with van der Waals surface area (Å²) in [7, 11) is 1.29. The minimum atomic E-state index is -0.585. The van der Waals surface area contributed by atoms with Crippen molar-refractivity contribution in [1.82, 2.24) is 4.40 Å². The number of benzene rings is 1. The Morgan fingerprint density at radius 3 is 2.63 bits per heavy atom. The Balaban J connectivity index is 2.11. The van der Waals surface area contributed by atoms with Crippen molar-refractivity contribution in [2.24, 2.45) is 0 Å². The van der Waals surface area contributed by atoms with Crippen molar-refractivity contribution >= 4 is 23.0 Å². The monoisotopic (exact) mass is 368 g/mol. The molecule has 0 saturated heterocycles. The molecule has 0 aliphatic heterocycles. The van der Waals surface area contributed by atoms with Crippen LogP contribution in [-0.2, 0) is 4.74 Å². The molecule has 3 rings (SSSR count). The Kier molecular flexibility index (Phi) is 4.89. The van der Waals surface area contributed by atoms with E-state index in [1.807, 2.05) is 0 Å². The lowest BCUT2D eigenvalue weighted by molar-refractivity contribution is -0.385. The highest BCUT2D eigenvalue weighted by Gasteiger charge is 2.23. The molecule has 8 heteroatoms. The number of aromatic nitrogens is 1. The van der Waals surface area contributed by atoms with Crippen LogP contribution in [0.25, 0.3) is 5.52 Å². The smallest absolute Gasteiger partial charge is 0.340 e. The van der Waals surface area contributed by atoms with Crippen LogP contribution in [0.5, 0.6) is 5.75 Å². The van der Waals surface area contributed by atoms with Gasteiger partial charge in [-0.25, -0.2) is 4.79 Å². The standard InChI is InChI=1S/C19H16N2O6/c1-3-27-19(23)13-11-16(20-9-5-4-6-14(13)20)18(22)12-7-8-15(21(24)25)17(10-12)26-2/h4-11H,3H2,1-2H3. The molecule has 0 spiro atoms. The Labute approximate surface area is 154 Å². The van der Waals surface area contributed by atoms with Gasteiger partial charge in [0, 0.05) is 17.8 Å². The third kappa shape index (κ3) is 3.24. The van der Waals surface area contributed by atoms with E-state index >= 15 is 0 Å². The van der Waals surface area contributed by atoms with Crippen LogP contribution in [0.4, 0.5) is 5.69 Å². The quantitative estimate of drug-likeness (QED) is 0.286. The lowest BCUT2D eigenvalue weighted by Gasteiger charge is -2.05. The van der Waals surface area contributed by atoms with E-state index < -0.39 is 16.7 Å². The fourth-order valence-electron chi connectivity index (χ4n) is 2.82. The number of fused-ring (bicyclic) bond motifs is 1. The first-order valence-corrected chi connectivity index (χ1v) is 8.12. The second kappa shape index (κ2) is 7.28. The van der Waals surface area contributed by atoms with Crippen molar-refractivity contribution in [2.75, 3.05) is 13.7 Å². The van der Waals surface area contributed by atoms with E-state index in [2.05, 4.69) is 0 Å². The molecule has 0 fully saturated rings. The van der Waals surface area contributed by atoms with Crippen LogP contribution in [0, 0.1) is 10.1 Å². The molecule has 1 aromatic carbocycles. The number of nitrogens with zero attached hydrogens (tertiary/aromatic N) is 2. The summed E-state index contributed by atoms with van der Waals surface area (Å²) in [5.74, 6) is -0.946. The Hall–Kier alpha value is -3.68. The molecule has 0 aliphatic carbocycles. The summed E-state index contributed by atoms with van der Waals surface area (Å²) in [6, 6.07) is 10.5. The first-order valence-electron chi connectivity index (χ1n) is 8.12. The van der Waals surface area contributed by atoms with Crippen LogP contribution in [0.15, 0.2) is 48.7 Å². The molecule has 27 heavy (non-hydrogen) atoms. The zero-order valence-corrected chi connectivity index (χ0v) is 14.7. The predicted octanol–water partition coefficient (Wildman–Crippen LogP) is 3.26. The van der Waals surface area contributed by atoms with Gasteiger partial charge in [0.2, 0.25) is 5.78 Å². The van der Waals surface area contributed by atoms with Crippen molar-refractivity contribution in [3.63, 3.8) is 0 Å². The summed E-state index contributed by atoms with van der Waals surface area (Å²) in [6.07, 6.45) is 1.66. The number of hydrogen-bond acceptors (Lipinski definition) is 6. The average Bonchev–Trinajstić information content (AvgIpc) is 3.06. The molecule has 0 atom stereocenters. The first kappa shape index (κ1) is 18.1. The van der Waals surface area contributed by atoms with Crippen molar-refractivity contribution < 1.29 is 24.0 Å². The second-order valence-electron chi connectivity index (χ2n) is 5.59. The van der Waals surface area contributed by atoms with E-state index in [9.17, 15) is 19.7 Å². The third-order valence-corrected chi connectivity index (χ3v) is 4.04. The summed E-state index contributed by atoms with van der Waals surface area (Å²) in [4.78, 5) is 35.7. The molecule has 0 amide bonds. The fraction of sp³-hybridized carbons (Fsp3) is 0.158. The van der Waals surface area contributed by atoms with Gasteiger partial charge >= 0.3 is 11.7 Å². The number of carbonyl (C=O) groups is 2. The number of ketones is 1. The van der Waals surface area contributed by atoms with E-state index in [4.69, 9.17) is 9.47 Å². The highest BCUT2D eigenvalue weighted by molar-refractivity contribution is 6.11. The lowest BCUT2D eigenvalue weighted by Crippen LogP contribution is -2.06. The van der Waals surface area contributed by atoms with Gasteiger partial charge in [0.1, 0.15) is 0 Å². The number of nitro groups is 1. The number of carbonyl (C=O) groups excluding carboxylic acids is 2. The minimum Gasteiger partial charge on any atom is -0.490 e. The van der Waals surface area contributed by atoms with Gasteiger partial charge in [-0.05, 0) is 37.3 Å². The molecule has 3 aromatic rings. The normalized spacial score (nSPS) is 10.6. The van der Waals surface area contributed by atoms with E-state index in [0.29, 0.717) is 5.52 Å². The Morgan fingerprint density at radius 1 is 1.19 bits per heavy atom. The van der Waals surface area contributed by atoms with Crippen molar-refractivity contribution in [2.45, 2.75) is 6.92 Å². The number of hydrogen-bond donors (Lipinski definition) is 0. The van der Waals surface area contributed by atoms with Crippen LogP contribution >= 0.6 is 0 Å². The molecule has 138 valence electrons. The molecule has 8 nitrogen and oxygen atoms in total. The minimum absolute atomic E-state index is 0.0164. The molecular weight excluding hydrogens is 352 g/mol. The van der Waals surface area contributed by atoms with Gasteiger partial charge in [-0.15, -0.1) is 0 Å². The number of rotatable bonds is 6. The molecule has 0 aliphatic rings. The van der Waals surface area contributed by atoms with Gasteiger partial charge in [-0.1, -0.05) is 6.07 Å². The van der Waals surface area contributed by atoms with Gasteiger partial charge in [0.05, 0.1) is 35.4 Å². The zero-order valence-electron chi connectivity index (χ0n) is 14.7. The van der Waals surface area contributed by atoms with Crippen LogP contribution < -0.4 is 4.74 Å². The van der Waals surface area contributed by atoms with Crippen LogP contribution in [-0.4, -0.2) is 34.8 Å². The second-order valence-corrected chi connectivity index (χ2v) is 5.59.